The van der Waals surface area contributed by atoms with Crippen LogP contribution in [0.1, 0.15) is 40.7 Å². The molecule has 0 heterocycles. The third-order valence-corrected chi connectivity index (χ3v) is 5.19. The second-order valence-corrected chi connectivity index (χ2v) is 7.62. The number of ether oxygens (including phenoxy) is 3. The lowest BCUT2D eigenvalue weighted by Gasteiger charge is -2.20. The first-order chi connectivity index (χ1) is 16.3. The van der Waals surface area contributed by atoms with Crippen LogP contribution in [0.2, 0.25) is 0 Å². The smallest absolute Gasteiger partial charge is 0.414 e. The predicted molar refractivity (Wildman–Crippen MR) is 125 cm³/mol. The van der Waals surface area contributed by atoms with Crippen LogP contribution >= 0.6 is 0 Å². The molecule has 2 rings (SSSR count). The number of rotatable bonds is 10. The van der Waals surface area contributed by atoms with Crippen molar-refractivity contribution in [1.82, 2.24) is 5.32 Å². The Labute approximate surface area is 199 Å². The van der Waals surface area contributed by atoms with Gasteiger partial charge in [0, 0.05) is 24.7 Å². The molecule has 9 nitrogen and oxygen atoms in total. The number of nitrogens with zero attached hydrogens (tertiary/aromatic N) is 1. The Morgan fingerprint density at radius 3 is 2.32 bits per heavy atom. The molecule has 0 saturated carbocycles. The average Bonchev–Trinajstić information content (AvgIpc) is 2.85. The van der Waals surface area contributed by atoms with Gasteiger partial charge in [-0.25, -0.2) is 9.59 Å². The Hall–Kier alpha value is -3.88. The van der Waals surface area contributed by atoms with Gasteiger partial charge in [-0.3, -0.25) is 14.5 Å². The van der Waals surface area contributed by atoms with Crippen molar-refractivity contribution in [3.05, 3.63) is 65.2 Å². The number of amides is 2. The Balaban J connectivity index is 2.02. The van der Waals surface area contributed by atoms with Gasteiger partial charge in [-0.2, -0.15) is 0 Å². The minimum Gasteiger partial charge on any atom is -0.469 e. The van der Waals surface area contributed by atoms with Gasteiger partial charge >= 0.3 is 18.0 Å². The van der Waals surface area contributed by atoms with E-state index >= 15 is 0 Å². The minimum atomic E-state index is -0.905. The van der Waals surface area contributed by atoms with Gasteiger partial charge in [0.1, 0.15) is 12.6 Å². The molecule has 2 amide bonds. The first-order valence-electron chi connectivity index (χ1n) is 10.8. The van der Waals surface area contributed by atoms with Crippen molar-refractivity contribution in [3.8, 4) is 0 Å². The molecule has 0 aliphatic heterocycles. The zero-order chi connectivity index (χ0) is 25.1. The quantitative estimate of drug-likeness (QED) is 0.419. The minimum absolute atomic E-state index is 0.125. The summed E-state index contributed by atoms with van der Waals surface area (Å²) in [7, 11) is 4.10. The number of esters is 2. The highest BCUT2D eigenvalue weighted by Crippen LogP contribution is 2.21. The molecule has 0 spiro atoms. The van der Waals surface area contributed by atoms with Crippen LogP contribution in [0.5, 0.6) is 0 Å². The number of nitrogens with one attached hydrogen (secondary N) is 1. The highest BCUT2D eigenvalue weighted by atomic mass is 16.6. The lowest BCUT2D eigenvalue weighted by Crippen LogP contribution is -2.41. The van der Waals surface area contributed by atoms with Gasteiger partial charge in [-0.05, 0) is 49.1 Å². The van der Waals surface area contributed by atoms with E-state index in [-0.39, 0.29) is 19.4 Å². The van der Waals surface area contributed by atoms with Crippen molar-refractivity contribution in [2.24, 2.45) is 0 Å². The molecule has 182 valence electrons. The lowest BCUT2D eigenvalue weighted by atomic mass is 10.1. The Bertz CT molecular complexity index is 1010. The molecule has 1 N–H and O–H groups in total. The topological polar surface area (TPSA) is 111 Å². The predicted octanol–water partition coefficient (Wildman–Crippen LogP) is 3.38. The molecule has 0 saturated heterocycles. The van der Waals surface area contributed by atoms with Crippen molar-refractivity contribution >= 4 is 29.6 Å². The normalized spacial score (nSPS) is 11.2. The summed E-state index contributed by atoms with van der Waals surface area (Å²) in [5.74, 6) is -1.47. The zero-order valence-corrected chi connectivity index (χ0v) is 19.8. The maximum Gasteiger partial charge on any atom is 0.414 e. The Morgan fingerprint density at radius 1 is 1.00 bits per heavy atom. The maximum absolute atomic E-state index is 12.7. The van der Waals surface area contributed by atoms with E-state index in [4.69, 9.17) is 9.47 Å². The molecule has 0 bridgehead atoms. The van der Waals surface area contributed by atoms with E-state index in [9.17, 15) is 19.2 Å². The third kappa shape index (κ3) is 7.61. The molecule has 2 aromatic carbocycles. The summed E-state index contributed by atoms with van der Waals surface area (Å²) in [6, 6.07) is 13.3. The largest absolute Gasteiger partial charge is 0.469 e. The van der Waals surface area contributed by atoms with Crippen LogP contribution in [-0.2, 0) is 30.4 Å². The highest BCUT2D eigenvalue weighted by molar-refractivity contribution is 5.98. The van der Waals surface area contributed by atoms with E-state index in [2.05, 4.69) is 10.1 Å². The molecule has 34 heavy (non-hydrogen) atoms. The molecular weight excluding hydrogens is 440 g/mol. The molecule has 1 atom stereocenters. The van der Waals surface area contributed by atoms with Crippen LogP contribution in [0.15, 0.2) is 48.5 Å². The number of benzene rings is 2. The fourth-order valence-corrected chi connectivity index (χ4v) is 3.27. The van der Waals surface area contributed by atoms with Crippen molar-refractivity contribution in [2.75, 3.05) is 26.2 Å². The number of hydrogen-bond donors (Lipinski definition) is 1. The SMILES string of the molecule is COC(=O)CCC[C@H](NC(=O)c1ccc(N(C)C(=O)OCc2ccccc2)c(C)c1)C(=O)OC. The molecule has 0 aliphatic rings. The summed E-state index contributed by atoms with van der Waals surface area (Å²) >= 11 is 0. The number of aryl methyl sites for hydroxylation is 1. The van der Waals surface area contributed by atoms with Crippen LogP contribution in [0.4, 0.5) is 10.5 Å². The van der Waals surface area contributed by atoms with Crippen LogP contribution in [-0.4, -0.2) is 51.2 Å². The Kier molecular flexibility index (Phi) is 10.1. The highest BCUT2D eigenvalue weighted by Gasteiger charge is 2.23. The molecule has 2 aromatic rings. The van der Waals surface area contributed by atoms with Crippen LogP contribution < -0.4 is 10.2 Å². The second kappa shape index (κ2) is 13.0. The molecule has 0 radical (unpaired) electrons. The number of methoxy groups -OCH3 is 2. The summed E-state index contributed by atoms with van der Waals surface area (Å²) < 4.78 is 14.7. The van der Waals surface area contributed by atoms with Crippen molar-refractivity contribution in [3.63, 3.8) is 0 Å². The molecule has 9 heteroatoms. The van der Waals surface area contributed by atoms with E-state index in [1.807, 2.05) is 30.3 Å². The monoisotopic (exact) mass is 470 g/mol. The van der Waals surface area contributed by atoms with E-state index in [0.717, 1.165) is 5.56 Å². The molecule has 0 aromatic heterocycles. The second-order valence-electron chi connectivity index (χ2n) is 7.62. The lowest BCUT2D eigenvalue weighted by molar-refractivity contribution is -0.144. The van der Waals surface area contributed by atoms with E-state index < -0.39 is 30.0 Å². The number of anilines is 1. The van der Waals surface area contributed by atoms with Crippen LogP contribution in [0.3, 0.4) is 0 Å². The molecule has 0 aliphatic carbocycles. The van der Waals surface area contributed by atoms with Crippen molar-refractivity contribution in [1.29, 1.82) is 0 Å². The molecule has 0 unspecified atom stereocenters. The zero-order valence-electron chi connectivity index (χ0n) is 19.8. The standard InChI is InChI=1S/C25H30N2O7/c1-17-15-19(23(29)26-20(24(30)33-4)11-8-12-22(28)32-3)13-14-21(17)27(2)25(31)34-16-18-9-6-5-7-10-18/h5-7,9-10,13-15,20H,8,11-12,16H2,1-4H3,(H,26,29)/t20-/m0/s1. The van der Waals surface area contributed by atoms with E-state index in [1.165, 1.54) is 19.1 Å². The van der Waals surface area contributed by atoms with Crippen molar-refractivity contribution in [2.45, 2.75) is 38.8 Å². The number of carbonyl (C=O) groups is 4. The number of hydrogen-bond acceptors (Lipinski definition) is 7. The fourth-order valence-electron chi connectivity index (χ4n) is 3.27. The fraction of sp³-hybridized carbons (Fsp3) is 0.360. The van der Waals surface area contributed by atoms with Gasteiger partial charge < -0.3 is 19.5 Å². The van der Waals surface area contributed by atoms with Gasteiger partial charge in [0.25, 0.3) is 5.91 Å². The first kappa shape index (κ1) is 26.4. The summed E-state index contributed by atoms with van der Waals surface area (Å²) in [4.78, 5) is 49.9. The summed E-state index contributed by atoms with van der Waals surface area (Å²) in [6.07, 6.45) is 0.169. The van der Waals surface area contributed by atoms with Gasteiger partial charge in [-0.1, -0.05) is 30.3 Å². The van der Waals surface area contributed by atoms with E-state index in [0.29, 0.717) is 23.2 Å². The summed E-state index contributed by atoms with van der Waals surface area (Å²) in [6.45, 7) is 1.91. The summed E-state index contributed by atoms with van der Waals surface area (Å²) in [5.41, 5.74) is 2.44. The molecular formula is C25H30N2O7. The summed E-state index contributed by atoms with van der Waals surface area (Å²) in [5, 5.41) is 2.64. The van der Waals surface area contributed by atoms with Gasteiger partial charge in [-0.15, -0.1) is 0 Å². The van der Waals surface area contributed by atoms with Gasteiger partial charge in [0.2, 0.25) is 0 Å². The Morgan fingerprint density at radius 2 is 1.71 bits per heavy atom. The van der Waals surface area contributed by atoms with Crippen molar-refractivity contribution < 1.29 is 33.4 Å². The average molecular weight is 471 g/mol. The number of carbonyl (C=O) groups excluding carboxylic acids is 4. The van der Waals surface area contributed by atoms with Crippen LogP contribution in [0, 0.1) is 6.92 Å². The maximum atomic E-state index is 12.7. The first-order valence-corrected chi connectivity index (χ1v) is 10.8. The molecule has 0 fully saturated rings. The van der Waals surface area contributed by atoms with Gasteiger partial charge in [0.05, 0.1) is 14.2 Å². The third-order valence-electron chi connectivity index (χ3n) is 5.19. The van der Waals surface area contributed by atoms with Crippen LogP contribution in [0.25, 0.3) is 0 Å². The van der Waals surface area contributed by atoms with E-state index in [1.54, 1.807) is 32.2 Å². The van der Waals surface area contributed by atoms with Gasteiger partial charge in [0.15, 0.2) is 0 Å².